The zero-order valence-corrected chi connectivity index (χ0v) is 13.1. The normalized spacial score (nSPS) is 10.8. The lowest BCUT2D eigenvalue weighted by atomic mass is 10.1. The largest absolute Gasteiger partial charge is 0.395 e. The summed E-state index contributed by atoms with van der Waals surface area (Å²) < 4.78 is 17.7. The molecule has 130 valence electrons. The first kappa shape index (κ1) is 16.6. The van der Waals surface area contributed by atoms with Crippen molar-refractivity contribution in [2.75, 3.05) is 30.4 Å². The fraction of sp³-hybridized carbons (Fsp3) is 0.200. The van der Waals surface area contributed by atoms with Crippen LogP contribution in [0, 0.1) is 15.9 Å². The van der Waals surface area contributed by atoms with Crippen LogP contribution in [0.1, 0.15) is 0 Å². The van der Waals surface area contributed by atoms with E-state index >= 15 is 0 Å². The number of nitrogens with one attached hydrogen (secondary N) is 1. The summed E-state index contributed by atoms with van der Waals surface area (Å²) in [7, 11) is 1.61. The minimum Gasteiger partial charge on any atom is -0.395 e. The summed E-state index contributed by atoms with van der Waals surface area (Å²) in [5.74, 6) is -0.383. The summed E-state index contributed by atoms with van der Waals surface area (Å²) in [5.41, 5.74) is 1.11. The molecule has 0 amide bonds. The van der Waals surface area contributed by atoms with Gasteiger partial charge in [-0.05, 0) is 40.6 Å². The highest BCUT2D eigenvalue weighted by atomic mass is 19.1. The first-order valence-electron chi connectivity index (χ1n) is 7.29. The molecule has 0 fully saturated rings. The standard InChI is InChI=1S/C15H14FN5O4/c1-20(6-7-22)12-8-11(17-10-4-2-9(16)3-5-10)13-14(19-25-18-13)15(12)21(23)24/h2-5,8,17,22H,6-7H2,1H3. The van der Waals surface area contributed by atoms with E-state index in [0.29, 0.717) is 11.4 Å². The van der Waals surface area contributed by atoms with Crippen molar-refractivity contribution >= 4 is 33.8 Å². The van der Waals surface area contributed by atoms with Gasteiger partial charge in [-0.15, -0.1) is 0 Å². The first-order chi connectivity index (χ1) is 12.0. The Balaban J connectivity index is 2.15. The lowest BCUT2D eigenvalue weighted by molar-refractivity contribution is -0.382. The molecule has 0 bridgehead atoms. The average molecular weight is 347 g/mol. The molecule has 0 aliphatic heterocycles. The number of hydrogen-bond acceptors (Lipinski definition) is 8. The highest BCUT2D eigenvalue weighted by Crippen LogP contribution is 2.39. The van der Waals surface area contributed by atoms with Gasteiger partial charge in [0.1, 0.15) is 11.5 Å². The summed E-state index contributed by atoms with van der Waals surface area (Å²) in [6.45, 7) is 0.0110. The highest BCUT2D eigenvalue weighted by Gasteiger charge is 2.27. The number of hydrogen-bond donors (Lipinski definition) is 2. The lowest BCUT2D eigenvalue weighted by Crippen LogP contribution is -2.22. The summed E-state index contributed by atoms with van der Waals surface area (Å²) in [6.07, 6.45) is 0. The second-order valence-electron chi connectivity index (χ2n) is 5.29. The third-order valence-electron chi connectivity index (χ3n) is 3.64. The highest BCUT2D eigenvalue weighted by molar-refractivity contribution is 6.00. The van der Waals surface area contributed by atoms with Crippen molar-refractivity contribution in [3.05, 3.63) is 46.3 Å². The molecule has 1 aromatic heterocycles. The van der Waals surface area contributed by atoms with E-state index in [-0.39, 0.29) is 41.4 Å². The molecule has 0 unspecified atom stereocenters. The Labute approximate surface area is 140 Å². The fourth-order valence-electron chi connectivity index (χ4n) is 2.44. The molecule has 2 N–H and O–H groups in total. The number of nitro groups is 1. The number of halogens is 1. The number of nitrogens with zero attached hydrogens (tertiary/aromatic N) is 4. The maximum absolute atomic E-state index is 13.1. The van der Waals surface area contributed by atoms with Crippen LogP contribution in [0.25, 0.3) is 11.0 Å². The van der Waals surface area contributed by atoms with E-state index in [4.69, 9.17) is 5.11 Å². The van der Waals surface area contributed by atoms with E-state index in [2.05, 4.69) is 20.3 Å². The first-order valence-corrected chi connectivity index (χ1v) is 7.29. The van der Waals surface area contributed by atoms with Gasteiger partial charge in [0, 0.05) is 19.3 Å². The molecular weight excluding hydrogens is 333 g/mol. The molecule has 3 rings (SSSR count). The number of aliphatic hydroxyl groups excluding tert-OH is 1. The molecule has 3 aromatic rings. The Kier molecular flexibility index (Phi) is 4.44. The Morgan fingerprint density at radius 2 is 2.00 bits per heavy atom. The maximum atomic E-state index is 13.1. The Bertz CT molecular complexity index is 912. The predicted octanol–water partition coefficient (Wildman–Crippen LogP) is 2.44. The molecule has 25 heavy (non-hydrogen) atoms. The van der Waals surface area contributed by atoms with Crippen LogP contribution in [-0.2, 0) is 0 Å². The van der Waals surface area contributed by atoms with Crippen molar-refractivity contribution in [3.63, 3.8) is 0 Å². The summed E-state index contributed by atoms with van der Waals surface area (Å²) in [4.78, 5) is 12.5. The smallest absolute Gasteiger partial charge is 0.323 e. The SMILES string of the molecule is CN(CCO)c1cc(Nc2ccc(F)cc2)c2nonc2c1[N+](=O)[O-]. The second-order valence-corrected chi connectivity index (χ2v) is 5.29. The van der Waals surface area contributed by atoms with Crippen LogP contribution in [0.2, 0.25) is 0 Å². The van der Waals surface area contributed by atoms with Crippen molar-refractivity contribution in [2.45, 2.75) is 0 Å². The van der Waals surface area contributed by atoms with Gasteiger partial charge in [0.15, 0.2) is 5.52 Å². The zero-order chi connectivity index (χ0) is 18.0. The van der Waals surface area contributed by atoms with Crippen molar-refractivity contribution in [3.8, 4) is 0 Å². The number of likely N-dealkylation sites (N-methyl/N-ethyl adjacent to an activating group) is 1. The number of anilines is 3. The number of aliphatic hydroxyl groups is 1. The van der Waals surface area contributed by atoms with Gasteiger partial charge in [0.05, 0.1) is 17.2 Å². The molecular formula is C15H14FN5O4. The summed E-state index contributed by atoms with van der Waals surface area (Å²) in [5, 5.41) is 31.0. The van der Waals surface area contributed by atoms with Crippen molar-refractivity contribution in [2.24, 2.45) is 0 Å². The van der Waals surface area contributed by atoms with Gasteiger partial charge in [0.2, 0.25) is 5.52 Å². The van der Waals surface area contributed by atoms with E-state index < -0.39 is 4.92 Å². The number of aromatic nitrogens is 2. The van der Waals surface area contributed by atoms with E-state index in [1.807, 2.05) is 0 Å². The fourth-order valence-corrected chi connectivity index (χ4v) is 2.44. The zero-order valence-electron chi connectivity index (χ0n) is 13.1. The Hall–Kier alpha value is -3.27. The molecule has 9 nitrogen and oxygen atoms in total. The van der Waals surface area contributed by atoms with Gasteiger partial charge in [-0.25, -0.2) is 9.02 Å². The van der Waals surface area contributed by atoms with Crippen molar-refractivity contribution in [1.82, 2.24) is 10.3 Å². The van der Waals surface area contributed by atoms with E-state index in [1.54, 1.807) is 7.05 Å². The van der Waals surface area contributed by atoms with Crippen LogP contribution in [0.4, 0.5) is 27.1 Å². The van der Waals surface area contributed by atoms with E-state index in [1.165, 1.54) is 35.2 Å². The Morgan fingerprint density at radius 1 is 1.32 bits per heavy atom. The quantitative estimate of drug-likeness (QED) is 0.516. The number of fused-ring (bicyclic) bond motifs is 1. The van der Waals surface area contributed by atoms with Crippen LogP contribution in [0.5, 0.6) is 0 Å². The molecule has 2 aromatic carbocycles. The van der Waals surface area contributed by atoms with Crippen LogP contribution < -0.4 is 10.2 Å². The van der Waals surface area contributed by atoms with Crippen LogP contribution in [0.15, 0.2) is 35.0 Å². The molecule has 0 atom stereocenters. The number of benzene rings is 2. The van der Waals surface area contributed by atoms with Gasteiger partial charge in [-0.1, -0.05) is 0 Å². The monoisotopic (exact) mass is 347 g/mol. The lowest BCUT2D eigenvalue weighted by Gasteiger charge is -2.19. The summed E-state index contributed by atoms with van der Waals surface area (Å²) in [6, 6.07) is 7.12. The van der Waals surface area contributed by atoms with Crippen molar-refractivity contribution in [1.29, 1.82) is 0 Å². The third kappa shape index (κ3) is 3.19. The van der Waals surface area contributed by atoms with Crippen LogP contribution in [0.3, 0.4) is 0 Å². The maximum Gasteiger partial charge on any atom is 0.323 e. The van der Waals surface area contributed by atoms with Gasteiger partial charge in [0.25, 0.3) is 0 Å². The Morgan fingerprint density at radius 3 is 2.64 bits per heavy atom. The van der Waals surface area contributed by atoms with Gasteiger partial charge < -0.3 is 15.3 Å². The molecule has 0 spiro atoms. The second kappa shape index (κ2) is 6.69. The van der Waals surface area contributed by atoms with Crippen LogP contribution >= 0.6 is 0 Å². The third-order valence-corrected chi connectivity index (χ3v) is 3.64. The van der Waals surface area contributed by atoms with Crippen molar-refractivity contribution < 1.29 is 19.0 Å². The van der Waals surface area contributed by atoms with E-state index in [9.17, 15) is 14.5 Å². The summed E-state index contributed by atoms with van der Waals surface area (Å²) >= 11 is 0. The van der Waals surface area contributed by atoms with Gasteiger partial charge >= 0.3 is 5.69 Å². The molecule has 10 heteroatoms. The topological polar surface area (TPSA) is 118 Å². The average Bonchev–Trinajstić information content (AvgIpc) is 3.06. The number of nitro benzene ring substituents is 1. The minimum atomic E-state index is -0.572. The van der Waals surface area contributed by atoms with E-state index in [0.717, 1.165) is 0 Å². The van der Waals surface area contributed by atoms with Gasteiger partial charge in [-0.2, -0.15) is 0 Å². The number of rotatable bonds is 6. The molecule has 0 aliphatic carbocycles. The minimum absolute atomic E-state index is 0.0168. The molecule has 0 aliphatic rings. The molecule has 0 saturated carbocycles. The predicted molar refractivity (Wildman–Crippen MR) is 88.5 cm³/mol. The molecule has 1 heterocycles. The molecule has 0 saturated heterocycles. The molecule has 0 radical (unpaired) electrons. The van der Waals surface area contributed by atoms with Crippen LogP contribution in [-0.4, -0.2) is 40.5 Å². The van der Waals surface area contributed by atoms with Gasteiger partial charge in [-0.3, -0.25) is 10.1 Å².